The molecule has 2 N–H and O–H groups in total. The highest BCUT2D eigenvalue weighted by Crippen LogP contribution is 2.22. The predicted molar refractivity (Wildman–Crippen MR) is 84.9 cm³/mol. The van der Waals surface area contributed by atoms with Gasteiger partial charge >= 0.3 is 6.03 Å². The van der Waals surface area contributed by atoms with Gasteiger partial charge in [0.2, 0.25) is 0 Å². The fraction of sp³-hybridized carbons (Fsp3) is 0. The number of nitrogens with one attached hydrogen (secondary N) is 2. The molecule has 0 bridgehead atoms. The highest BCUT2D eigenvalue weighted by atomic mass is 79.9. The van der Waals surface area contributed by atoms with Gasteiger partial charge in [-0.15, -0.1) is 0 Å². The lowest BCUT2D eigenvalue weighted by Crippen LogP contribution is -2.34. The molecule has 0 aliphatic rings. The number of aromatic nitrogens is 1. The average Bonchev–Trinajstić information content (AvgIpc) is 2.41. The molecule has 5 nitrogen and oxygen atoms in total. The lowest BCUT2D eigenvalue weighted by Gasteiger charge is -2.08. The van der Waals surface area contributed by atoms with E-state index in [0.29, 0.717) is 5.69 Å². The number of amides is 3. The van der Waals surface area contributed by atoms with Crippen molar-refractivity contribution in [3.63, 3.8) is 0 Å². The minimum Gasteiger partial charge on any atom is -0.308 e. The summed E-state index contributed by atoms with van der Waals surface area (Å²) < 4.78 is 0.875. The Morgan fingerprint density at radius 1 is 1.05 bits per heavy atom. The Morgan fingerprint density at radius 2 is 1.62 bits per heavy atom. The molecule has 8 heteroatoms. The summed E-state index contributed by atoms with van der Waals surface area (Å²) in [6.07, 6.45) is 2.55. The number of rotatable bonds is 2. The number of pyridine rings is 1. The first-order valence-electron chi connectivity index (χ1n) is 5.64. The fourth-order valence-electron chi connectivity index (χ4n) is 1.49. The summed E-state index contributed by atoms with van der Waals surface area (Å²) in [4.78, 5) is 27.4. The van der Waals surface area contributed by atoms with Crippen molar-refractivity contribution < 1.29 is 9.59 Å². The van der Waals surface area contributed by atoms with Crippen molar-refractivity contribution in [3.8, 4) is 0 Å². The number of imide groups is 1. The molecule has 21 heavy (non-hydrogen) atoms. The molecular formula is C13H8BrCl2N3O2. The Balaban J connectivity index is 2.06. The smallest absolute Gasteiger partial charge is 0.308 e. The molecule has 1 heterocycles. The van der Waals surface area contributed by atoms with Crippen molar-refractivity contribution in [1.82, 2.24) is 10.3 Å². The second-order valence-corrected chi connectivity index (χ2v) is 5.62. The lowest BCUT2D eigenvalue weighted by molar-refractivity contribution is 0.0967. The number of benzene rings is 1. The zero-order valence-electron chi connectivity index (χ0n) is 10.4. The second kappa shape index (κ2) is 6.89. The van der Waals surface area contributed by atoms with Crippen molar-refractivity contribution in [1.29, 1.82) is 0 Å². The molecule has 0 fully saturated rings. The van der Waals surface area contributed by atoms with Gasteiger partial charge in [-0.3, -0.25) is 15.1 Å². The van der Waals surface area contributed by atoms with Crippen molar-refractivity contribution in [2.45, 2.75) is 0 Å². The van der Waals surface area contributed by atoms with Crippen LogP contribution in [0.4, 0.5) is 10.5 Å². The Kier molecular flexibility index (Phi) is 5.17. The van der Waals surface area contributed by atoms with Crippen LogP contribution in [-0.2, 0) is 0 Å². The first-order chi connectivity index (χ1) is 9.97. The standard InChI is InChI=1S/C13H8BrCl2N3O2/c14-7-1-3-8(4-2-7)18-13(21)19-12(20)11-9(15)5-17-6-10(11)16/h1-6H,(H2,18,19,20,21). The Bertz CT molecular complexity index is 672. The van der Waals surface area contributed by atoms with Crippen LogP contribution in [0, 0.1) is 0 Å². The van der Waals surface area contributed by atoms with Crippen LogP contribution in [0.5, 0.6) is 0 Å². The molecule has 2 rings (SSSR count). The van der Waals surface area contributed by atoms with E-state index >= 15 is 0 Å². The van der Waals surface area contributed by atoms with E-state index in [1.807, 2.05) is 0 Å². The SMILES string of the molecule is O=C(NC(=O)c1c(Cl)cncc1Cl)Nc1ccc(Br)cc1. The molecule has 2 aromatic rings. The highest BCUT2D eigenvalue weighted by molar-refractivity contribution is 9.10. The summed E-state index contributed by atoms with van der Waals surface area (Å²) in [6.45, 7) is 0. The van der Waals surface area contributed by atoms with Gasteiger partial charge in [-0.2, -0.15) is 0 Å². The summed E-state index contributed by atoms with van der Waals surface area (Å²) >= 11 is 15.0. The van der Waals surface area contributed by atoms with Gasteiger partial charge in [0.15, 0.2) is 0 Å². The largest absolute Gasteiger partial charge is 0.326 e. The molecule has 0 saturated carbocycles. The number of hydrogen-bond acceptors (Lipinski definition) is 3. The zero-order chi connectivity index (χ0) is 15.4. The van der Waals surface area contributed by atoms with Crippen LogP contribution < -0.4 is 10.6 Å². The van der Waals surface area contributed by atoms with Gasteiger partial charge in [-0.05, 0) is 24.3 Å². The molecule has 0 atom stereocenters. The number of nitrogens with zero attached hydrogens (tertiary/aromatic N) is 1. The molecule has 1 aromatic heterocycles. The summed E-state index contributed by atoms with van der Waals surface area (Å²) in [5.41, 5.74) is 0.537. The molecule has 1 aromatic carbocycles. The maximum Gasteiger partial charge on any atom is 0.326 e. The molecule has 0 spiro atoms. The van der Waals surface area contributed by atoms with E-state index in [1.54, 1.807) is 24.3 Å². The topological polar surface area (TPSA) is 71.1 Å². The van der Waals surface area contributed by atoms with Gasteiger partial charge in [0, 0.05) is 22.6 Å². The molecule has 0 saturated heterocycles. The van der Waals surface area contributed by atoms with E-state index in [0.717, 1.165) is 4.47 Å². The third-order valence-electron chi connectivity index (χ3n) is 2.41. The summed E-state index contributed by atoms with van der Waals surface area (Å²) in [5.74, 6) is -0.706. The molecule has 0 unspecified atom stereocenters. The number of urea groups is 1. The molecule has 0 radical (unpaired) electrons. The first-order valence-corrected chi connectivity index (χ1v) is 7.19. The van der Waals surface area contributed by atoms with Crippen LogP contribution in [0.25, 0.3) is 0 Å². The van der Waals surface area contributed by atoms with E-state index in [-0.39, 0.29) is 15.6 Å². The lowest BCUT2D eigenvalue weighted by atomic mass is 10.2. The molecule has 3 amide bonds. The minimum absolute atomic E-state index is 0.000658. The van der Waals surface area contributed by atoms with Crippen LogP contribution in [0.2, 0.25) is 10.0 Å². The second-order valence-electron chi connectivity index (χ2n) is 3.89. The summed E-state index contributed by atoms with van der Waals surface area (Å²) in [6, 6.07) is 6.19. The summed E-state index contributed by atoms with van der Waals surface area (Å²) in [7, 11) is 0. The minimum atomic E-state index is -0.706. The van der Waals surface area contributed by atoms with E-state index in [4.69, 9.17) is 23.2 Å². The van der Waals surface area contributed by atoms with Crippen molar-refractivity contribution in [3.05, 3.63) is 56.7 Å². The maximum atomic E-state index is 12.0. The van der Waals surface area contributed by atoms with Gasteiger partial charge in [0.25, 0.3) is 5.91 Å². The number of carbonyl (C=O) groups is 2. The van der Waals surface area contributed by atoms with Gasteiger partial charge in [-0.25, -0.2) is 4.79 Å². The van der Waals surface area contributed by atoms with Crippen molar-refractivity contribution >= 4 is 56.8 Å². The Labute approximate surface area is 138 Å². The monoisotopic (exact) mass is 387 g/mol. The zero-order valence-corrected chi connectivity index (χ0v) is 13.5. The Hall–Kier alpha value is -1.63. The van der Waals surface area contributed by atoms with Crippen LogP contribution in [0.1, 0.15) is 10.4 Å². The van der Waals surface area contributed by atoms with E-state index in [9.17, 15) is 9.59 Å². The van der Waals surface area contributed by atoms with E-state index in [1.165, 1.54) is 12.4 Å². The van der Waals surface area contributed by atoms with Gasteiger partial charge < -0.3 is 5.32 Å². The molecule has 108 valence electrons. The van der Waals surface area contributed by atoms with Gasteiger partial charge in [0.05, 0.1) is 15.6 Å². The average molecular weight is 389 g/mol. The third-order valence-corrected chi connectivity index (χ3v) is 3.51. The van der Waals surface area contributed by atoms with Crippen LogP contribution in [-0.4, -0.2) is 16.9 Å². The molecule has 0 aliphatic carbocycles. The molecule has 0 aliphatic heterocycles. The van der Waals surface area contributed by atoms with Crippen LogP contribution >= 0.6 is 39.1 Å². The number of carbonyl (C=O) groups excluding carboxylic acids is 2. The number of anilines is 1. The van der Waals surface area contributed by atoms with Gasteiger partial charge in [0.1, 0.15) is 0 Å². The van der Waals surface area contributed by atoms with Crippen LogP contribution in [0.3, 0.4) is 0 Å². The first kappa shape index (κ1) is 15.8. The third kappa shape index (κ3) is 4.17. The Morgan fingerprint density at radius 3 is 2.19 bits per heavy atom. The van der Waals surface area contributed by atoms with Crippen molar-refractivity contribution in [2.24, 2.45) is 0 Å². The number of halogens is 3. The highest BCUT2D eigenvalue weighted by Gasteiger charge is 2.17. The maximum absolute atomic E-state index is 12.0. The normalized spacial score (nSPS) is 10.0. The van der Waals surface area contributed by atoms with Crippen molar-refractivity contribution in [2.75, 3.05) is 5.32 Å². The fourth-order valence-corrected chi connectivity index (χ4v) is 2.29. The number of hydrogen-bond donors (Lipinski definition) is 2. The van der Waals surface area contributed by atoms with E-state index in [2.05, 4.69) is 31.5 Å². The van der Waals surface area contributed by atoms with E-state index < -0.39 is 11.9 Å². The quantitative estimate of drug-likeness (QED) is 0.812. The predicted octanol–water partition coefficient (Wildman–Crippen LogP) is 4.11. The molecular weight excluding hydrogens is 381 g/mol. The van der Waals surface area contributed by atoms with Gasteiger partial charge in [-0.1, -0.05) is 39.1 Å². The summed E-state index contributed by atoms with van der Waals surface area (Å²) in [5, 5.41) is 4.79. The van der Waals surface area contributed by atoms with Crippen LogP contribution in [0.15, 0.2) is 41.1 Å².